The van der Waals surface area contributed by atoms with Crippen molar-refractivity contribution in [2.75, 3.05) is 11.1 Å². The number of nitrogen functional groups attached to an aromatic ring is 1. The van der Waals surface area contributed by atoms with Crippen molar-refractivity contribution in [3.8, 4) is 0 Å². The first-order valence-electron chi connectivity index (χ1n) is 5.18. The predicted octanol–water partition coefficient (Wildman–Crippen LogP) is 1.83. The average molecular weight is 218 g/mol. The summed E-state index contributed by atoms with van der Waals surface area (Å²) in [5.74, 6) is 2.75. The number of rotatable bonds is 4. The molecule has 0 aromatic carbocycles. The topological polar surface area (TPSA) is 77.0 Å². The molecule has 0 bridgehead atoms. The standard InChI is InChI=1S/C11H14N4O/c1-2-8-6-14-11(16-8)7-13-10-5-3-4-9(12)15-10/h3-6H,2,7H2,1H3,(H3,12,13,15). The molecule has 0 unspecified atom stereocenters. The van der Waals surface area contributed by atoms with E-state index in [-0.39, 0.29) is 0 Å². The Bertz CT molecular complexity index is 467. The van der Waals surface area contributed by atoms with E-state index in [0.717, 1.165) is 18.0 Å². The van der Waals surface area contributed by atoms with E-state index in [1.807, 2.05) is 19.1 Å². The van der Waals surface area contributed by atoms with Crippen molar-refractivity contribution < 1.29 is 4.42 Å². The number of anilines is 2. The molecule has 0 spiro atoms. The van der Waals surface area contributed by atoms with E-state index in [1.54, 1.807) is 12.3 Å². The van der Waals surface area contributed by atoms with Crippen LogP contribution in [0.25, 0.3) is 0 Å². The summed E-state index contributed by atoms with van der Waals surface area (Å²) in [5, 5.41) is 3.09. The molecule has 2 aromatic heterocycles. The third-order valence-corrected chi connectivity index (χ3v) is 2.14. The maximum absolute atomic E-state index is 5.56. The highest BCUT2D eigenvalue weighted by molar-refractivity contribution is 5.42. The zero-order valence-corrected chi connectivity index (χ0v) is 9.10. The van der Waals surface area contributed by atoms with Gasteiger partial charge in [-0.05, 0) is 12.1 Å². The summed E-state index contributed by atoms with van der Waals surface area (Å²) in [6, 6.07) is 5.43. The van der Waals surface area contributed by atoms with Gasteiger partial charge in [0.1, 0.15) is 17.4 Å². The molecule has 16 heavy (non-hydrogen) atoms. The van der Waals surface area contributed by atoms with Gasteiger partial charge in [0, 0.05) is 6.42 Å². The molecule has 0 amide bonds. The molecule has 0 aliphatic heterocycles. The Hall–Kier alpha value is -2.04. The number of aromatic nitrogens is 2. The second-order valence-electron chi connectivity index (χ2n) is 3.38. The van der Waals surface area contributed by atoms with Crippen molar-refractivity contribution in [3.63, 3.8) is 0 Å². The molecule has 2 aromatic rings. The van der Waals surface area contributed by atoms with Crippen LogP contribution in [-0.4, -0.2) is 9.97 Å². The lowest BCUT2D eigenvalue weighted by atomic mass is 10.4. The van der Waals surface area contributed by atoms with Crippen LogP contribution in [0.4, 0.5) is 11.6 Å². The van der Waals surface area contributed by atoms with Crippen molar-refractivity contribution in [3.05, 3.63) is 36.0 Å². The van der Waals surface area contributed by atoms with E-state index in [0.29, 0.717) is 18.3 Å². The fourth-order valence-electron chi connectivity index (χ4n) is 1.31. The number of nitrogens with zero attached hydrogens (tertiary/aromatic N) is 2. The minimum atomic E-state index is 0.492. The average Bonchev–Trinajstić information content (AvgIpc) is 2.74. The first-order chi connectivity index (χ1) is 7.78. The van der Waals surface area contributed by atoms with Gasteiger partial charge in [-0.3, -0.25) is 0 Å². The molecule has 0 radical (unpaired) electrons. The van der Waals surface area contributed by atoms with Crippen molar-refractivity contribution in [2.45, 2.75) is 19.9 Å². The van der Waals surface area contributed by atoms with Crippen molar-refractivity contribution in [1.29, 1.82) is 0 Å². The van der Waals surface area contributed by atoms with Gasteiger partial charge in [0.15, 0.2) is 0 Å². The molecule has 2 heterocycles. The van der Waals surface area contributed by atoms with Crippen LogP contribution in [0, 0.1) is 0 Å². The van der Waals surface area contributed by atoms with Gasteiger partial charge in [-0.1, -0.05) is 13.0 Å². The maximum Gasteiger partial charge on any atom is 0.213 e. The monoisotopic (exact) mass is 218 g/mol. The number of aryl methyl sites for hydroxylation is 1. The summed E-state index contributed by atoms with van der Waals surface area (Å²) in [5.41, 5.74) is 5.56. The number of nitrogens with two attached hydrogens (primary N) is 1. The van der Waals surface area contributed by atoms with Crippen LogP contribution >= 0.6 is 0 Å². The van der Waals surface area contributed by atoms with Crippen LogP contribution in [0.15, 0.2) is 28.8 Å². The third-order valence-electron chi connectivity index (χ3n) is 2.14. The van der Waals surface area contributed by atoms with Crippen LogP contribution in [0.3, 0.4) is 0 Å². The van der Waals surface area contributed by atoms with E-state index in [1.165, 1.54) is 0 Å². The lowest BCUT2D eigenvalue weighted by molar-refractivity contribution is 0.465. The van der Waals surface area contributed by atoms with E-state index in [9.17, 15) is 0 Å². The van der Waals surface area contributed by atoms with Gasteiger partial charge < -0.3 is 15.5 Å². The molecule has 0 aliphatic rings. The van der Waals surface area contributed by atoms with Gasteiger partial charge in [0.2, 0.25) is 5.89 Å². The third kappa shape index (κ3) is 2.50. The smallest absolute Gasteiger partial charge is 0.213 e. The van der Waals surface area contributed by atoms with Crippen LogP contribution in [0.1, 0.15) is 18.6 Å². The summed E-state index contributed by atoms with van der Waals surface area (Å²) < 4.78 is 5.45. The number of pyridine rings is 1. The fraction of sp³-hybridized carbons (Fsp3) is 0.273. The maximum atomic E-state index is 5.56. The van der Waals surface area contributed by atoms with Gasteiger partial charge in [0.05, 0.1) is 12.7 Å². The largest absolute Gasteiger partial charge is 0.444 e. The SMILES string of the molecule is CCc1cnc(CNc2cccc(N)n2)o1. The van der Waals surface area contributed by atoms with E-state index in [4.69, 9.17) is 10.2 Å². The second-order valence-corrected chi connectivity index (χ2v) is 3.38. The minimum Gasteiger partial charge on any atom is -0.444 e. The van der Waals surface area contributed by atoms with E-state index >= 15 is 0 Å². The zero-order valence-electron chi connectivity index (χ0n) is 9.10. The molecule has 3 N–H and O–H groups in total. The molecule has 5 heteroatoms. The van der Waals surface area contributed by atoms with Crippen LogP contribution < -0.4 is 11.1 Å². The van der Waals surface area contributed by atoms with Gasteiger partial charge in [-0.15, -0.1) is 0 Å². The molecular formula is C11H14N4O. The van der Waals surface area contributed by atoms with Crippen molar-refractivity contribution in [1.82, 2.24) is 9.97 Å². The number of nitrogens with one attached hydrogen (secondary N) is 1. The lowest BCUT2D eigenvalue weighted by Gasteiger charge is -2.02. The molecule has 0 fully saturated rings. The van der Waals surface area contributed by atoms with Crippen LogP contribution in [0.2, 0.25) is 0 Å². The highest BCUT2D eigenvalue weighted by atomic mass is 16.4. The van der Waals surface area contributed by atoms with Gasteiger partial charge in [0.25, 0.3) is 0 Å². The Balaban J connectivity index is 1.96. The first-order valence-corrected chi connectivity index (χ1v) is 5.18. The summed E-state index contributed by atoms with van der Waals surface area (Å²) in [6.07, 6.45) is 2.59. The normalized spacial score (nSPS) is 10.3. The van der Waals surface area contributed by atoms with Gasteiger partial charge in [-0.2, -0.15) is 0 Å². The summed E-state index contributed by atoms with van der Waals surface area (Å²) >= 11 is 0. The van der Waals surface area contributed by atoms with E-state index in [2.05, 4.69) is 15.3 Å². The molecule has 0 saturated heterocycles. The summed E-state index contributed by atoms with van der Waals surface area (Å²) in [4.78, 5) is 8.25. The number of hydrogen-bond acceptors (Lipinski definition) is 5. The van der Waals surface area contributed by atoms with Gasteiger partial charge in [-0.25, -0.2) is 9.97 Å². The Labute approximate surface area is 93.7 Å². The first kappa shape index (κ1) is 10.5. The number of hydrogen-bond donors (Lipinski definition) is 2. The van der Waals surface area contributed by atoms with Crippen molar-refractivity contribution >= 4 is 11.6 Å². The zero-order chi connectivity index (χ0) is 11.4. The molecule has 0 atom stereocenters. The molecule has 0 aliphatic carbocycles. The summed E-state index contributed by atoms with van der Waals surface area (Å²) in [6.45, 7) is 2.54. The van der Waals surface area contributed by atoms with Crippen LogP contribution in [0.5, 0.6) is 0 Å². The van der Waals surface area contributed by atoms with Crippen LogP contribution in [-0.2, 0) is 13.0 Å². The number of oxazole rings is 1. The van der Waals surface area contributed by atoms with Gasteiger partial charge >= 0.3 is 0 Å². The van der Waals surface area contributed by atoms with Crippen molar-refractivity contribution in [2.24, 2.45) is 0 Å². The Kier molecular flexibility index (Phi) is 3.05. The minimum absolute atomic E-state index is 0.492. The summed E-state index contributed by atoms with van der Waals surface area (Å²) in [7, 11) is 0. The molecular weight excluding hydrogens is 204 g/mol. The quantitative estimate of drug-likeness (QED) is 0.818. The molecule has 84 valence electrons. The Morgan fingerprint density at radius 1 is 1.44 bits per heavy atom. The Morgan fingerprint density at radius 3 is 3.00 bits per heavy atom. The molecule has 2 rings (SSSR count). The van der Waals surface area contributed by atoms with E-state index < -0.39 is 0 Å². The molecule has 0 saturated carbocycles. The molecule has 5 nitrogen and oxygen atoms in total. The lowest BCUT2D eigenvalue weighted by Crippen LogP contribution is -2.02. The second kappa shape index (κ2) is 4.65. The highest BCUT2D eigenvalue weighted by Crippen LogP contribution is 2.09. The fourth-order valence-corrected chi connectivity index (χ4v) is 1.31. The predicted molar refractivity (Wildman–Crippen MR) is 61.9 cm³/mol. The highest BCUT2D eigenvalue weighted by Gasteiger charge is 2.02. The Morgan fingerprint density at radius 2 is 2.31 bits per heavy atom.